The summed E-state index contributed by atoms with van der Waals surface area (Å²) in [6, 6.07) is 66.4. The fourth-order valence-electron chi connectivity index (χ4n) is 8.53. The van der Waals surface area contributed by atoms with Crippen molar-refractivity contribution in [2.75, 3.05) is 0 Å². The molecule has 0 aliphatic rings. The first-order chi connectivity index (χ1) is 28.6. The number of aromatic nitrogens is 5. The molecule has 0 saturated carbocycles. The van der Waals surface area contributed by atoms with Gasteiger partial charge in [0.25, 0.3) is 0 Å². The zero-order valence-electron chi connectivity index (χ0n) is 32.2. The van der Waals surface area contributed by atoms with E-state index in [1.54, 1.807) is 0 Å². The molecule has 0 spiro atoms. The average Bonchev–Trinajstić information content (AvgIpc) is 3.92. The molecule has 6 nitrogen and oxygen atoms in total. The Morgan fingerprint density at radius 3 is 1.83 bits per heavy atom. The van der Waals surface area contributed by atoms with Crippen molar-refractivity contribution in [3.63, 3.8) is 0 Å². The Morgan fingerprint density at radius 1 is 0.525 bits per heavy atom. The third-order valence-electron chi connectivity index (χ3n) is 11.0. The van der Waals surface area contributed by atoms with E-state index in [4.69, 9.17) is 9.72 Å². The average molecular weight is 941 g/mol. The molecule has 11 rings (SSSR count). The standard InChI is InChI=1S/C52H35N5O.Pt/c1-34-30-35(2)57(54-34)39-18-11-19-40(31-39)58-41-26-27-45-44-20-9-10-25-48(44)56(49(45)33-41)50-32-38(28-29-53-50)55-51-42(36-14-5-3-6-15-36)21-12-23-46(51)47-24-13-22-43(52(47)55)37-16-7-4-8-17-37;/h3-30,32H,1-2H3;/q-2;+2. The molecule has 0 N–H and O–H groups in total. The molecule has 7 heteroatoms. The van der Waals surface area contributed by atoms with Gasteiger partial charge in [-0.25, -0.2) is 4.98 Å². The summed E-state index contributed by atoms with van der Waals surface area (Å²) < 4.78 is 13.0. The van der Waals surface area contributed by atoms with Crippen LogP contribution in [-0.2, 0) is 21.1 Å². The molecule has 0 bridgehead atoms. The molecule has 59 heavy (non-hydrogen) atoms. The van der Waals surface area contributed by atoms with E-state index in [2.05, 4.69) is 172 Å². The van der Waals surface area contributed by atoms with Gasteiger partial charge < -0.3 is 13.9 Å². The van der Waals surface area contributed by atoms with Crippen LogP contribution in [0.1, 0.15) is 11.4 Å². The smallest absolute Gasteiger partial charge is 0.509 e. The second-order valence-electron chi connectivity index (χ2n) is 14.6. The Hall–Kier alpha value is -7.01. The van der Waals surface area contributed by atoms with E-state index in [9.17, 15) is 0 Å². The van der Waals surface area contributed by atoms with Crippen LogP contribution in [0.25, 0.3) is 83.1 Å². The summed E-state index contributed by atoms with van der Waals surface area (Å²) in [4.78, 5) is 5.06. The molecule has 0 saturated heterocycles. The SMILES string of the molecule is Cc1cc(C)n(-c2[c-]c(Oc3[c-]c4c(cc3)c3ccccc3n4-c3cc(-n4c5c(-c6ccccc6)cccc5c5cccc(-c6ccccc6)c54)ccn3)ccc2)n1.[Pt+2]. The quantitative estimate of drug-likeness (QED) is 0.150. The first-order valence-corrected chi connectivity index (χ1v) is 19.4. The van der Waals surface area contributed by atoms with E-state index < -0.39 is 0 Å². The zero-order valence-corrected chi connectivity index (χ0v) is 34.5. The number of pyridine rings is 1. The monoisotopic (exact) mass is 940 g/mol. The van der Waals surface area contributed by atoms with Crippen LogP contribution in [0.2, 0.25) is 0 Å². The van der Waals surface area contributed by atoms with E-state index in [1.165, 1.54) is 10.8 Å². The van der Waals surface area contributed by atoms with Crippen molar-refractivity contribution in [1.29, 1.82) is 0 Å². The summed E-state index contributed by atoms with van der Waals surface area (Å²) in [5.41, 5.74) is 12.7. The summed E-state index contributed by atoms with van der Waals surface area (Å²) in [5.74, 6) is 1.94. The number of nitrogens with zero attached hydrogens (tertiary/aromatic N) is 5. The first kappa shape index (κ1) is 36.3. The predicted octanol–water partition coefficient (Wildman–Crippen LogP) is 12.8. The number of hydrogen-bond acceptors (Lipinski definition) is 3. The Labute approximate surface area is 355 Å². The molecule has 0 unspecified atom stereocenters. The van der Waals surface area contributed by atoms with Gasteiger partial charge in [0.15, 0.2) is 0 Å². The van der Waals surface area contributed by atoms with E-state index in [-0.39, 0.29) is 21.1 Å². The Bertz CT molecular complexity index is 3250. The van der Waals surface area contributed by atoms with Gasteiger partial charge in [-0.05, 0) is 54.2 Å². The van der Waals surface area contributed by atoms with Gasteiger partial charge in [0, 0.05) is 56.9 Å². The second-order valence-corrected chi connectivity index (χ2v) is 14.6. The Morgan fingerprint density at radius 2 is 1.15 bits per heavy atom. The predicted molar refractivity (Wildman–Crippen MR) is 235 cm³/mol. The number of rotatable bonds is 7. The molecule has 0 amide bonds. The molecular weight excluding hydrogens is 906 g/mol. The number of fused-ring (bicyclic) bond motifs is 6. The molecule has 0 aliphatic carbocycles. The number of aryl methyl sites for hydroxylation is 2. The van der Waals surface area contributed by atoms with Crippen LogP contribution in [0.15, 0.2) is 176 Å². The minimum absolute atomic E-state index is 0. The van der Waals surface area contributed by atoms with Crippen molar-refractivity contribution >= 4 is 43.6 Å². The van der Waals surface area contributed by atoms with Gasteiger partial charge in [0.1, 0.15) is 5.82 Å². The molecule has 0 radical (unpaired) electrons. The number of hydrogen-bond donors (Lipinski definition) is 0. The van der Waals surface area contributed by atoms with E-state index in [0.29, 0.717) is 11.5 Å². The van der Waals surface area contributed by atoms with Crippen LogP contribution >= 0.6 is 0 Å². The van der Waals surface area contributed by atoms with E-state index >= 15 is 0 Å². The Kier molecular flexibility index (Phi) is 9.08. The Balaban J connectivity index is 0.00000420. The minimum atomic E-state index is 0. The van der Waals surface area contributed by atoms with Crippen molar-refractivity contribution in [3.8, 4) is 50.9 Å². The molecule has 11 aromatic rings. The summed E-state index contributed by atoms with van der Waals surface area (Å²) in [7, 11) is 0. The number of ether oxygens (including phenoxy) is 1. The topological polar surface area (TPSA) is 49.8 Å². The van der Waals surface area contributed by atoms with Crippen LogP contribution < -0.4 is 4.74 Å². The van der Waals surface area contributed by atoms with E-state index in [0.717, 1.165) is 83.7 Å². The van der Waals surface area contributed by atoms with Gasteiger partial charge in [0.05, 0.1) is 22.4 Å². The van der Waals surface area contributed by atoms with Gasteiger partial charge in [-0.2, -0.15) is 17.2 Å². The fourth-order valence-corrected chi connectivity index (χ4v) is 8.53. The second kappa shape index (κ2) is 14.7. The molecule has 4 aromatic heterocycles. The summed E-state index contributed by atoms with van der Waals surface area (Å²) in [6.07, 6.45) is 1.92. The molecule has 0 fully saturated rings. The summed E-state index contributed by atoms with van der Waals surface area (Å²) in [5, 5.41) is 9.21. The maximum absolute atomic E-state index is 6.48. The van der Waals surface area contributed by atoms with Crippen LogP contribution in [0, 0.1) is 26.0 Å². The minimum Gasteiger partial charge on any atom is -0.509 e. The third kappa shape index (κ3) is 6.16. The van der Waals surface area contributed by atoms with Crippen molar-refractivity contribution < 1.29 is 25.8 Å². The van der Waals surface area contributed by atoms with Crippen molar-refractivity contribution in [2.24, 2.45) is 0 Å². The van der Waals surface area contributed by atoms with Gasteiger partial charge in [-0.3, -0.25) is 4.68 Å². The normalized spacial score (nSPS) is 11.4. The maximum Gasteiger partial charge on any atom is 2.00 e. The number of para-hydroxylation sites is 3. The van der Waals surface area contributed by atoms with Crippen LogP contribution in [0.4, 0.5) is 0 Å². The first-order valence-electron chi connectivity index (χ1n) is 19.4. The summed E-state index contributed by atoms with van der Waals surface area (Å²) >= 11 is 0. The van der Waals surface area contributed by atoms with Gasteiger partial charge in [0.2, 0.25) is 0 Å². The molecule has 4 heterocycles. The van der Waals surface area contributed by atoms with Crippen molar-refractivity contribution in [1.82, 2.24) is 23.9 Å². The maximum atomic E-state index is 6.48. The molecule has 284 valence electrons. The molecule has 0 aliphatic heterocycles. The van der Waals surface area contributed by atoms with Crippen molar-refractivity contribution in [2.45, 2.75) is 13.8 Å². The van der Waals surface area contributed by atoms with Gasteiger partial charge in [-0.1, -0.05) is 121 Å². The van der Waals surface area contributed by atoms with Crippen molar-refractivity contribution in [3.05, 3.63) is 200 Å². The zero-order chi connectivity index (χ0) is 38.7. The van der Waals surface area contributed by atoms with Crippen LogP contribution in [-0.4, -0.2) is 23.9 Å². The van der Waals surface area contributed by atoms with Crippen LogP contribution in [0.5, 0.6) is 11.5 Å². The van der Waals surface area contributed by atoms with Gasteiger partial charge >= 0.3 is 21.1 Å². The van der Waals surface area contributed by atoms with E-state index in [1.807, 2.05) is 49.0 Å². The number of benzene rings is 7. The van der Waals surface area contributed by atoms with Gasteiger partial charge in [-0.15, -0.1) is 35.7 Å². The molecule has 7 aromatic carbocycles. The largest absolute Gasteiger partial charge is 2.00 e. The fraction of sp³-hybridized carbons (Fsp3) is 0.0385. The van der Waals surface area contributed by atoms with Crippen LogP contribution in [0.3, 0.4) is 0 Å². The summed E-state index contributed by atoms with van der Waals surface area (Å²) in [6.45, 7) is 4.03. The molecule has 0 atom stereocenters. The molecular formula is C52H35N5OPt. The third-order valence-corrected chi connectivity index (χ3v) is 11.0.